The van der Waals surface area contributed by atoms with Crippen LogP contribution in [0.25, 0.3) is 11.1 Å². The fourth-order valence-electron chi connectivity index (χ4n) is 4.38. The lowest BCUT2D eigenvalue weighted by Gasteiger charge is -2.22. The molecule has 0 unspecified atom stereocenters. The summed E-state index contributed by atoms with van der Waals surface area (Å²) in [4.78, 5) is 27.5. The normalized spacial score (nSPS) is 12.0. The summed E-state index contributed by atoms with van der Waals surface area (Å²) in [5, 5.41) is 12.3. The number of carbonyl (C=O) groups is 2. The molecule has 0 saturated heterocycles. The summed E-state index contributed by atoms with van der Waals surface area (Å²) in [5.74, 6) is -0.658. The standard InChI is InChI=1S/C30H44N2O3S/c1-5-7-18-32(19-8-6-2)20-11-13-24-15-16-26(27(22-24)25-14-10-9-12-23(25)3)29(33)31-28(30(34)35)17-21-36-4/h9-10,12,14-16,22,28H,5-8,11,13,17-21H2,1-4H3,(H,31,33)(H,34,35)/t28-/m0/s1. The van der Waals surface area contributed by atoms with E-state index in [1.165, 1.54) is 31.2 Å². The van der Waals surface area contributed by atoms with Gasteiger partial charge in [-0.15, -0.1) is 0 Å². The Hall–Kier alpha value is -2.31. The van der Waals surface area contributed by atoms with Gasteiger partial charge in [-0.05, 0) is 99.0 Å². The van der Waals surface area contributed by atoms with Crippen LogP contribution in [0.2, 0.25) is 0 Å². The third-order valence-corrected chi connectivity index (χ3v) is 7.22. The van der Waals surface area contributed by atoms with E-state index in [2.05, 4.69) is 30.1 Å². The van der Waals surface area contributed by atoms with Crippen LogP contribution in [0.3, 0.4) is 0 Å². The van der Waals surface area contributed by atoms with Crippen molar-refractivity contribution in [2.45, 2.75) is 71.8 Å². The number of carboxylic acids is 1. The first kappa shape index (κ1) is 29.9. The first-order valence-electron chi connectivity index (χ1n) is 13.3. The molecule has 0 aliphatic heterocycles. The van der Waals surface area contributed by atoms with E-state index in [-0.39, 0.29) is 5.91 Å². The Morgan fingerprint density at radius 1 is 0.972 bits per heavy atom. The number of amides is 1. The van der Waals surface area contributed by atoms with E-state index in [4.69, 9.17) is 0 Å². The number of carbonyl (C=O) groups excluding carboxylic acids is 1. The lowest BCUT2D eigenvalue weighted by atomic mass is 9.92. The molecule has 0 spiro atoms. The molecular formula is C30H44N2O3S. The summed E-state index contributed by atoms with van der Waals surface area (Å²) >= 11 is 1.57. The maximum absolute atomic E-state index is 13.3. The van der Waals surface area contributed by atoms with Crippen molar-refractivity contribution in [3.63, 3.8) is 0 Å². The quantitative estimate of drug-likeness (QED) is 0.255. The Morgan fingerprint density at radius 2 is 1.64 bits per heavy atom. The summed E-state index contributed by atoms with van der Waals surface area (Å²) in [7, 11) is 0. The SMILES string of the molecule is CCCCN(CCCC)CCCc1ccc(C(=O)N[C@@H](CCSC)C(=O)O)c(-c2ccccc2C)c1. The van der Waals surface area contributed by atoms with Crippen LogP contribution in [-0.4, -0.2) is 59.6 Å². The zero-order chi connectivity index (χ0) is 26.3. The lowest BCUT2D eigenvalue weighted by Crippen LogP contribution is -2.41. The first-order chi connectivity index (χ1) is 17.4. The van der Waals surface area contributed by atoms with E-state index >= 15 is 0 Å². The third kappa shape index (κ3) is 9.62. The lowest BCUT2D eigenvalue weighted by molar-refractivity contribution is -0.139. The number of hydrogen-bond acceptors (Lipinski definition) is 4. The predicted octanol–water partition coefficient (Wildman–Crippen LogP) is 6.43. The van der Waals surface area contributed by atoms with Crippen molar-refractivity contribution in [2.24, 2.45) is 0 Å². The van der Waals surface area contributed by atoms with Crippen molar-refractivity contribution in [1.82, 2.24) is 10.2 Å². The van der Waals surface area contributed by atoms with Gasteiger partial charge >= 0.3 is 5.97 Å². The summed E-state index contributed by atoms with van der Waals surface area (Å²) in [6, 6.07) is 13.2. The zero-order valence-electron chi connectivity index (χ0n) is 22.5. The molecule has 0 radical (unpaired) electrons. The Balaban J connectivity index is 2.24. The molecule has 1 amide bonds. The average molecular weight is 513 g/mol. The number of benzene rings is 2. The molecule has 2 rings (SSSR count). The van der Waals surface area contributed by atoms with E-state index in [1.54, 1.807) is 11.8 Å². The highest BCUT2D eigenvalue weighted by Gasteiger charge is 2.22. The molecule has 0 aliphatic rings. The maximum Gasteiger partial charge on any atom is 0.326 e. The molecule has 36 heavy (non-hydrogen) atoms. The fraction of sp³-hybridized carbons (Fsp3) is 0.533. The van der Waals surface area contributed by atoms with Gasteiger partial charge in [-0.25, -0.2) is 4.79 Å². The van der Waals surface area contributed by atoms with Crippen LogP contribution < -0.4 is 5.32 Å². The van der Waals surface area contributed by atoms with Crippen LogP contribution in [0.4, 0.5) is 0 Å². The van der Waals surface area contributed by atoms with E-state index < -0.39 is 12.0 Å². The monoisotopic (exact) mass is 512 g/mol. The van der Waals surface area contributed by atoms with Crippen LogP contribution in [0.15, 0.2) is 42.5 Å². The minimum Gasteiger partial charge on any atom is -0.480 e. The topological polar surface area (TPSA) is 69.6 Å². The van der Waals surface area contributed by atoms with E-state index in [0.29, 0.717) is 17.7 Å². The second kappa shape index (κ2) is 16.4. The molecular weight excluding hydrogens is 468 g/mol. The highest BCUT2D eigenvalue weighted by atomic mass is 32.2. The van der Waals surface area contributed by atoms with E-state index in [1.807, 2.05) is 49.6 Å². The number of thioether (sulfide) groups is 1. The largest absolute Gasteiger partial charge is 0.480 e. The number of nitrogens with one attached hydrogen (secondary N) is 1. The highest BCUT2D eigenvalue weighted by Crippen LogP contribution is 2.29. The van der Waals surface area contributed by atoms with E-state index in [0.717, 1.165) is 49.2 Å². The minimum atomic E-state index is -0.998. The fourth-order valence-corrected chi connectivity index (χ4v) is 4.85. The molecule has 2 N–H and O–H groups in total. The number of aryl methyl sites for hydroxylation is 2. The van der Waals surface area contributed by atoms with Crippen LogP contribution in [0.5, 0.6) is 0 Å². The Bertz CT molecular complexity index is 955. The Labute approximate surface area is 222 Å². The molecule has 0 bridgehead atoms. The smallest absolute Gasteiger partial charge is 0.326 e. The van der Waals surface area contributed by atoms with Crippen LogP contribution in [0.1, 0.15) is 73.9 Å². The van der Waals surface area contributed by atoms with Gasteiger partial charge in [0.1, 0.15) is 6.04 Å². The van der Waals surface area contributed by atoms with Gasteiger partial charge in [-0.1, -0.05) is 63.1 Å². The van der Waals surface area contributed by atoms with Crippen LogP contribution in [-0.2, 0) is 11.2 Å². The molecule has 198 valence electrons. The molecule has 6 heteroatoms. The average Bonchev–Trinajstić information content (AvgIpc) is 2.87. The van der Waals surface area contributed by atoms with Crippen molar-refractivity contribution >= 4 is 23.6 Å². The van der Waals surface area contributed by atoms with Gasteiger partial charge < -0.3 is 15.3 Å². The maximum atomic E-state index is 13.3. The van der Waals surface area contributed by atoms with E-state index in [9.17, 15) is 14.7 Å². The van der Waals surface area contributed by atoms with Crippen LogP contribution in [0, 0.1) is 6.92 Å². The second-order valence-corrected chi connectivity index (χ2v) is 10.5. The molecule has 0 aromatic heterocycles. The van der Waals surface area contributed by atoms with Gasteiger partial charge in [0.2, 0.25) is 0 Å². The number of nitrogens with zero attached hydrogens (tertiary/aromatic N) is 1. The number of carboxylic acid groups (broad SMARTS) is 1. The predicted molar refractivity (Wildman–Crippen MR) is 153 cm³/mol. The minimum absolute atomic E-state index is 0.335. The van der Waals surface area contributed by atoms with Crippen molar-refractivity contribution < 1.29 is 14.7 Å². The molecule has 1 atom stereocenters. The number of hydrogen-bond donors (Lipinski definition) is 2. The Kier molecular flexibility index (Phi) is 13.7. The molecule has 2 aromatic rings. The second-order valence-electron chi connectivity index (χ2n) is 9.49. The van der Waals surface area contributed by atoms with Crippen molar-refractivity contribution in [2.75, 3.05) is 31.6 Å². The highest BCUT2D eigenvalue weighted by molar-refractivity contribution is 7.98. The Morgan fingerprint density at radius 3 is 2.25 bits per heavy atom. The molecule has 0 fully saturated rings. The van der Waals surface area contributed by atoms with Gasteiger partial charge in [0.25, 0.3) is 5.91 Å². The van der Waals surface area contributed by atoms with Crippen molar-refractivity contribution in [3.8, 4) is 11.1 Å². The summed E-state index contributed by atoms with van der Waals surface area (Å²) in [6.45, 7) is 9.92. The third-order valence-electron chi connectivity index (χ3n) is 6.57. The van der Waals surface area contributed by atoms with Crippen LogP contribution >= 0.6 is 11.8 Å². The van der Waals surface area contributed by atoms with Gasteiger partial charge in [-0.3, -0.25) is 4.79 Å². The van der Waals surface area contributed by atoms with Gasteiger partial charge in [-0.2, -0.15) is 11.8 Å². The summed E-state index contributed by atoms with van der Waals surface area (Å²) < 4.78 is 0. The van der Waals surface area contributed by atoms with Gasteiger partial charge in [0.15, 0.2) is 0 Å². The molecule has 5 nitrogen and oxygen atoms in total. The molecule has 0 heterocycles. The number of aliphatic carboxylic acids is 1. The number of unbranched alkanes of at least 4 members (excludes halogenated alkanes) is 2. The number of rotatable bonds is 17. The molecule has 2 aromatic carbocycles. The summed E-state index contributed by atoms with van der Waals surface area (Å²) in [5.41, 5.74) is 4.69. The first-order valence-corrected chi connectivity index (χ1v) is 14.7. The van der Waals surface area contributed by atoms with Gasteiger partial charge in [0.05, 0.1) is 0 Å². The van der Waals surface area contributed by atoms with Gasteiger partial charge in [0, 0.05) is 5.56 Å². The molecule has 0 aliphatic carbocycles. The molecule has 0 saturated carbocycles. The summed E-state index contributed by atoms with van der Waals surface area (Å²) in [6.07, 6.45) is 9.24. The van der Waals surface area contributed by atoms with Crippen molar-refractivity contribution in [3.05, 3.63) is 59.2 Å². The zero-order valence-corrected chi connectivity index (χ0v) is 23.3. The van der Waals surface area contributed by atoms with Crippen molar-refractivity contribution in [1.29, 1.82) is 0 Å².